The molecule has 0 aliphatic carbocycles. The van der Waals surface area contributed by atoms with Gasteiger partial charge in [-0.2, -0.15) is 5.10 Å². The van der Waals surface area contributed by atoms with E-state index in [1.54, 1.807) is 0 Å². The maximum atomic E-state index is 11.0. The number of carboxylic acid groups (broad SMARTS) is 1. The number of ether oxygens (including phenoxy) is 2. The average molecular weight is 342 g/mol. The van der Waals surface area contributed by atoms with Gasteiger partial charge in [-0.25, -0.2) is 4.79 Å². The number of hydrogen-bond donors (Lipinski definition) is 3. The minimum absolute atomic E-state index is 0.0101. The van der Waals surface area contributed by atoms with Crippen LogP contribution in [0, 0.1) is 10.1 Å². The summed E-state index contributed by atoms with van der Waals surface area (Å²) in [6, 6.07) is 2.26. The third kappa shape index (κ3) is 5.07. The van der Waals surface area contributed by atoms with Crippen LogP contribution in [0.1, 0.15) is 12.5 Å². The van der Waals surface area contributed by atoms with E-state index in [1.165, 1.54) is 14.0 Å². The number of methoxy groups -OCH3 is 1. The number of carboxylic acids is 1. The van der Waals surface area contributed by atoms with E-state index < -0.39 is 17.0 Å². The standard InChI is InChI=1S/C12H14N4O6S/c1-6(11(17)18)22-10-7(5-14-15-12(13)23)3-8(16(19)20)4-9(10)21-2/h3-6H,1-2H3,(H,17,18)(H3,13,15,23). The molecular formula is C12H14N4O6S. The first kappa shape index (κ1) is 18.1. The van der Waals surface area contributed by atoms with Gasteiger partial charge in [0.15, 0.2) is 22.7 Å². The molecule has 0 amide bonds. The molecule has 0 aromatic heterocycles. The Hall–Kier alpha value is -2.95. The molecule has 4 N–H and O–H groups in total. The molecule has 1 atom stereocenters. The number of nitro benzene ring substituents is 1. The second-order valence-corrected chi connectivity index (χ2v) is 4.60. The zero-order valence-corrected chi connectivity index (χ0v) is 13.0. The van der Waals surface area contributed by atoms with Crippen molar-refractivity contribution in [1.82, 2.24) is 5.43 Å². The molecule has 0 aliphatic rings. The van der Waals surface area contributed by atoms with Gasteiger partial charge < -0.3 is 20.3 Å². The summed E-state index contributed by atoms with van der Waals surface area (Å²) in [5.41, 5.74) is 7.33. The summed E-state index contributed by atoms with van der Waals surface area (Å²) in [6.45, 7) is 1.30. The van der Waals surface area contributed by atoms with E-state index in [-0.39, 0.29) is 27.9 Å². The third-order valence-corrected chi connectivity index (χ3v) is 2.61. The summed E-state index contributed by atoms with van der Waals surface area (Å²) in [7, 11) is 1.27. The van der Waals surface area contributed by atoms with Gasteiger partial charge in [-0.3, -0.25) is 15.5 Å². The van der Waals surface area contributed by atoms with Gasteiger partial charge in [0.05, 0.1) is 24.3 Å². The summed E-state index contributed by atoms with van der Waals surface area (Å²) in [6.07, 6.45) is -0.0560. The number of aliphatic carboxylic acids is 1. The van der Waals surface area contributed by atoms with Crippen molar-refractivity contribution in [2.75, 3.05) is 7.11 Å². The van der Waals surface area contributed by atoms with Crippen LogP contribution in [0.3, 0.4) is 0 Å². The molecule has 1 aromatic rings. The molecule has 10 nitrogen and oxygen atoms in total. The quantitative estimate of drug-likeness (QED) is 0.280. The minimum atomic E-state index is -1.21. The van der Waals surface area contributed by atoms with Gasteiger partial charge in [-0.05, 0) is 19.1 Å². The summed E-state index contributed by atoms with van der Waals surface area (Å²) in [5.74, 6) is -1.24. The lowest BCUT2D eigenvalue weighted by molar-refractivity contribution is -0.385. The van der Waals surface area contributed by atoms with Crippen molar-refractivity contribution in [3.05, 3.63) is 27.8 Å². The molecular weight excluding hydrogens is 328 g/mol. The fraction of sp³-hybridized carbons (Fsp3) is 0.250. The molecule has 1 aromatic carbocycles. The van der Waals surface area contributed by atoms with Gasteiger partial charge in [-0.15, -0.1) is 0 Å². The van der Waals surface area contributed by atoms with Gasteiger partial charge in [0, 0.05) is 11.6 Å². The Balaban J connectivity index is 3.36. The highest BCUT2D eigenvalue weighted by Crippen LogP contribution is 2.35. The lowest BCUT2D eigenvalue weighted by atomic mass is 10.1. The second-order valence-electron chi connectivity index (χ2n) is 4.16. The number of rotatable bonds is 7. The first-order valence-corrected chi connectivity index (χ1v) is 6.51. The van der Waals surface area contributed by atoms with Crippen LogP contribution >= 0.6 is 12.2 Å². The summed E-state index contributed by atoms with van der Waals surface area (Å²) >= 11 is 4.57. The fourth-order valence-corrected chi connectivity index (χ4v) is 1.53. The number of nitrogens with one attached hydrogen (secondary N) is 1. The number of carbonyl (C=O) groups is 1. The maximum Gasteiger partial charge on any atom is 0.344 e. The van der Waals surface area contributed by atoms with Crippen molar-refractivity contribution < 1.29 is 24.3 Å². The highest BCUT2D eigenvalue weighted by molar-refractivity contribution is 7.80. The molecule has 0 aliphatic heterocycles. The van der Waals surface area contributed by atoms with Crippen molar-refractivity contribution in [1.29, 1.82) is 0 Å². The Labute approximate surface area is 136 Å². The molecule has 0 fully saturated rings. The van der Waals surface area contributed by atoms with E-state index >= 15 is 0 Å². The van der Waals surface area contributed by atoms with Gasteiger partial charge in [0.25, 0.3) is 5.69 Å². The topological polar surface area (TPSA) is 149 Å². The first-order valence-electron chi connectivity index (χ1n) is 6.10. The molecule has 1 rings (SSSR count). The maximum absolute atomic E-state index is 11.0. The molecule has 0 saturated carbocycles. The van der Waals surface area contributed by atoms with Crippen molar-refractivity contribution >= 4 is 35.2 Å². The Morgan fingerprint density at radius 1 is 1.61 bits per heavy atom. The number of nitrogens with zero attached hydrogens (tertiary/aromatic N) is 2. The number of non-ortho nitro benzene ring substituents is 1. The van der Waals surface area contributed by atoms with Crippen LogP contribution in [0.2, 0.25) is 0 Å². The Morgan fingerprint density at radius 2 is 2.26 bits per heavy atom. The summed E-state index contributed by atoms with van der Waals surface area (Å²) < 4.78 is 10.3. The van der Waals surface area contributed by atoms with E-state index in [9.17, 15) is 14.9 Å². The Kier molecular flexibility index (Phi) is 6.21. The number of thiocarbonyl (C=S) groups is 1. The lowest BCUT2D eigenvalue weighted by Crippen LogP contribution is -2.25. The van der Waals surface area contributed by atoms with Crippen LogP contribution in [0.5, 0.6) is 11.5 Å². The molecule has 23 heavy (non-hydrogen) atoms. The highest BCUT2D eigenvalue weighted by atomic mass is 32.1. The molecule has 0 saturated heterocycles. The Bertz CT molecular complexity index is 663. The third-order valence-electron chi connectivity index (χ3n) is 2.52. The smallest absolute Gasteiger partial charge is 0.344 e. The number of hydrazone groups is 1. The van der Waals surface area contributed by atoms with Crippen LogP contribution in [-0.2, 0) is 4.79 Å². The van der Waals surface area contributed by atoms with Gasteiger partial charge >= 0.3 is 5.97 Å². The minimum Gasteiger partial charge on any atom is -0.493 e. The lowest BCUT2D eigenvalue weighted by Gasteiger charge is -2.15. The van der Waals surface area contributed by atoms with E-state index in [4.69, 9.17) is 20.3 Å². The number of hydrogen-bond acceptors (Lipinski definition) is 7. The largest absolute Gasteiger partial charge is 0.493 e. The second kappa shape index (κ2) is 7.89. The van der Waals surface area contributed by atoms with Crippen molar-refractivity contribution in [3.63, 3.8) is 0 Å². The van der Waals surface area contributed by atoms with Crippen LogP contribution in [0.25, 0.3) is 0 Å². The number of nitrogens with two attached hydrogens (primary N) is 1. The van der Waals surface area contributed by atoms with Gasteiger partial charge in [0.1, 0.15) is 0 Å². The van der Waals surface area contributed by atoms with Gasteiger partial charge in [-0.1, -0.05) is 0 Å². The van der Waals surface area contributed by atoms with E-state index in [0.29, 0.717) is 0 Å². The number of benzene rings is 1. The Morgan fingerprint density at radius 3 is 2.74 bits per heavy atom. The van der Waals surface area contributed by atoms with Crippen LogP contribution in [0.15, 0.2) is 17.2 Å². The monoisotopic (exact) mass is 342 g/mol. The van der Waals surface area contributed by atoms with Gasteiger partial charge in [0.2, 0.25) is 0 Å². The molecule has 1 unspecified atom stereocenters. The fourth-order valence-electron chi connectivity index (χ4n) is 1.48. The van der Waals surface area contributed by atoms with E-state index in [1.807, 2.05) is 0 Å². The zero-order chi connectivity index (χ0) is 17.6. The summed E-state index contributed by atoms with van der Waals surface area (Å²) in [5, 5.41) is 23.5. The zero-order valence-electron chi connectivity index (χ0n) is 12.2. The summed E-state index contributed by atoms with van der Waals surface area (Å²) in [4.78, 5) is 21.3. The average Bonchev–Trinajstić information content (AvgIpc) is 2.47. The highest BCUT2D eigenvalue weighted by Gasteiger charge is 2.22. The van der Waals surface area contributed by atoms with Crippen LogP contribution in [-0.4, -0.2) is 40.5 Å². The van der Waals surface area contributed by atoms with Crippen molar-refractivity contribution in [3.8, 4) is 11.5 Å². The predicted molar refractivity (Wildman–Crippen MR) is 84.9 cm³/mol. The van der Waals surface area contributed by atoms with E-state index in [0.717, 1.165) is 18.3 Å². The number of nitro groups is 1. The molecule has 0 radical (unpaired) electrons. The molecule has 124 valence electrons. The SMILES string of the molecule is COc1cc([N+](=O)[O-])cc(C=NNC(N)=S)c1OC(C)C(=O)O. The normalized spacial score (nSPS) is 11.7. The van der Waals surface area contributed by atoms with Crippen LogP contribution in [0.4, 0.5) is 5.69 Å². The van der Waals surface area contributed by atoms with Crippen LogP contribution < -0.4 is 20.6 Å². The molecule has 0 heterocycles. The molecule has 0 spiro atoms. The van der Waals surface area contributed by atoms with Crippen molar-refractivity contribution in [2.45, 2.75) is 13.0 Å². The van der Waals surface area contributed by atoms with Crippen molar-refractivity contribution in [2.24, 2.45) is 10.8 Å². The predicted octanol–water partition coefficient (Wildman–Crippen LogP) is 0.622. The van der Waals surface area contributed by atoms with E-state index in [2.05, 4.69) is 22.7 Å². The first-order chi connectivity index (χ1) is 10.8. The molecule has 0 bridgehead atoms. The molecule has 11 heteroatoms.